The van der Waals surface area contributed by atoms with Crippen LogP contribution in [0.3, 0.4) is 0 Å². The topological polar surface area (TPSA) is 69.7 Å². The fourth-order valence-corrected chi connectivity index (χ4v) is 3.91. The third kappa shape index (κ3) is 3.63. The predicted octanol–water partition coefficient (Wildman–Crippen LogP) is 2.90. The van der Waals surface area contributed by atoms with Crippen molar-refractivity contribution < 1.29 is 14.4 Å². The zero-order chi connectivity index (χ0) is 19.7. The molecule has 144 valence electrons. The number of anilines is 3. The third-order valence-electron chi connectivity index (χ3n) is 5.33. The first-order chi connectivity index (χ1) is 13.5. The smallest absolute Gasteiger partial charge is 0.228 e. The van der Waals surface area contributed by atoms with Crippen LogP contribution in [0.5, 0.6) is 0 Å². The summed E-state index contributed by atoms with van der Waals surface area (Å²) in [4.78, 5) is 39.4. The molecule has 6 nitrogen and oxygen atoms in total. The highest BCUT2D eigenvalue weighted by Gasteiger charge is 2.23. The molecule has 0 saturated carbocycles. The summed E-state index contributed by atoms with van der Waals surface area (Å²) < 4.78 is 0. The molecule has 0 atom stereocenters. The van der Waals surface area contributed by atoms with E-state index >= 15 is 0 Å². The number of carbonyl (C=O) groups excluding carboxylic acids is 3. The highest BCUT2D eigenvalue weighted by Crippen LogP contribution is 2.30. The van der Waals surface area contributed by atoms with Crippen LogP contribution in [0.1, 0.15) is 30.9 Å². The average Bonchev–Trinajstić information content (AvgIpc) is 3.28. The fraction of sp³-hybridized carbons (Fsp3) is 0.318. The highest BCUT2D eigenvalue weighted by molar-refractivity contribution is 5.97. The molecule has 28 heavy (non-hydrogen) atoms. The molecule has 0 spiro atoms. The van der Waals surface area contributed by atoms with Crippen LogP contribution >= 0.6 is 0 Å². The number of nitrogens with zero attached hydrogens (tertiary/aromatic N) is 2. The molecule has 2 aromatic carbocycles. The van der Waals surface area contributed by atoms with E-state index in [-0.39, 0.29) is 24.1 Å². The first-order valence-electron chi connectivity index (χ1n) is 9.61. The van der Waals surface area contributed by atoms with E-state index in [1.165, 1.54) is 0 Å². The molecule has 1 saturated heterocycles. The first kappa shape index (κ1) is 18.2. The lowest BCUT2D eigenvalue weighted by atomic mass is 10.1. The van der Waals surface area contributed by atoms with Crippen LogP contribution in [0.4, 0.5) is 17.1 Å². The number of fused-ring (bicyclic) bond motifs is 1. The van der Waals surface area contributed by atoms with E-state index in [1.807, 2.05) is 42.5 Å². The summed E-state index contributed by atoms with van der Waals surface area (Å²) in [7, 11) is 0. The zero-order valence-electron chi connectivity index (χ0n) is 15.9. The average molecular weight is 377 g/mol. The number of rotatable bonds is 4. The summed E-state index contributed by atoms with van der Waals surface area (Å²) in [6.07, 6.45) is 2.57. The molecular formula is C22H23N3O3. The van der Waals surface area contributed by atoms with Crippen LogP contribution in [-0.2, 0) is 27.2 Å². The van der Waals surface area contributed by atoms with Crippen LogP contribution in [-0.4, -0.2) is 30.8 Å². The Morgan fingerprint density at radius 3 is 2.50 bits per heavy atom. The second-order valence-electron chi connectivity index (χ2n) is 7.30. The maximum Gasteiger partial charge on any atom is 0.228 e. The van der Waals surface area contributed by atoms with Gasteiger partial charge in [-0.05, 0) is 54.3 Å². The van der Waals surface area contributed by atoms with Gasteiger partial charge in [0, 0.05) is 43.5 Å². The van der Waals surface area contributed by atoms with Crippen molar-refractivity contribution in [2.24, 2.45) is 0 Å². The predicted molar refractivity (Wildman–Crippen MR) is 109 cm³/mol. The Bertz CT molecular complexity index is 937. The number of hydrogen-bond donors (Lipinski definition) is 1. The Kier molecular flexibility index (Phi) is 4.86. The van der Waals surface area contributed by atoms with Crippen molar-refractivity contribution in [3.8, 4) is 0 Å². The van der Waals surface area contributed by atoms with Crippen LogP contribution in [0.25, 0.3) is 0 Å². The Morgan fingerprint density at radius 1 is 1.04 bits per heavy atom. The molecule has 0 aliphatic carbocycles. The van der Waals surface area contributed by atoms with Gasteiger partial charge in [-0.1, -0.05) is 12.1 Å². The lowest BCUT2D eigenvalue weighted by Crippen LogP contribution is -2.25. The summed E-state index contributed by atoms with van der Waals surface area (Å²) in [5.41, 5.74) is 4.54. The minimum atomic E-state index is -0.0913. The van der Waals surface area contributed by atoms with Crippen molar-refractivity contribution in [2.75, 3.05) is 28.2 Å². The molecule has 2 aliphatic rings. The highest BCUT2D eigenvalue weighted by atomic mass is 16.2. The number of benzene rings is 2. The molecule has 0 radical (unpaired) electrons. The summed E-state index contributed by atoms with van der Waals surface area (Å²) in [5.74, 6) is 0.103. The SMILES string of the molecule is CC(=O)N1CCc2cc(NC(=O)Cc3ccc(N4CCCC4=O)cc3)ccc21. The van der Waals surface area contributed by atoms with Crippen LogP contribution in [0.2, 0.25) is 0 Å². The largest absolute Gasteiger partial charge is 0.326 e. The number of nitrogens with one attached hydrogen (secondary N) is 1. The van der Waals surface area contributed by atoms with Gasteiger partial charge in [-0.15, -0.1) is 0 Å². The van der Waals surface area contributed by atoms with Crippen molar-refractivity contribution >= 4 is 34.8 Å². The molecule has 0 aromatic heterocycles. The van der Waals surface area contributed by atoms with E-state index in [9.17, 15) is 14.4 Å². The Balaban J connectivity index is 1.38. The van der Waals surface area contributed by atoms with Gasteiger partial charge in [-0.2, -0.15) is 0 Å². The molecular weight excluding hydrogens is 354 g/mol. The minimum Gasteiger partial charge on any atom is -0.326 e. The first-order valence-corrected chi connectivity index (χ1v) is 9.61. The number of amides is 3. The third-order valence-corrected chi connectivity index (χ3v) is 5.33. The quantitative estimate of drug-likeness (QED) is 0.891. The second-order valence-corrected chi connectivity index (χ2v) is 7.30. The Morgan fingerprint density at radius 2 is 1.82 bits per heavy atom. The van der Waals surface area contributed by atoms with Crippen molar-refractivity contribution in [2.45, 2.75) is 32.6 Å². The number of carbonyl (C=O) groups is 3. The molecule has 2 aromatic rings. The molecule has 1 N–H and O–H groups in total. The molecule has 2 aliphatic heterocycles. The van der Waals surface area contributed by atoms with Crippen LogP contribution in [0, 0.1) is 0 Å². The normalized spacial score (nSPS) is 15.7. The van der Waals surface area contributed by atoms with E-state index in [2.05, 4.69) is 5.32 Å². The van der Waals surface area contributed by atoms with Gasteiger partial charge in [-0.3, -0.25) is 14.4 Å². The van der Waals surface area contributed by atoms with Gasteiger partial charge in [0.25, 0.3) is 0 Å². The van der Waals surface area contributed by atoms with Gasteiger partial charge < -0.3 is 15.1 Å². The van der Waals surface area contributed by atoms with E-state index in [0.717, 1.165) is 47.6 Å². The molecule has 6 heteroatoms. The van der Waals surface area contributed by atoms with Gasteiger partial charge in [0.1, 0.15) is 0 Å². The summed E-state index contributed by atoms with van der Waals surface area (Å²) >= 11 is 0. The second kappa shape index (κ2) is 7.46. The number of hydrogen-bond acceptors (Lipinski definition) is 3. The molecule has 3 amide bonds. The van der Waals surface area contributed by atoms with Gasteiger partial charge in [0.15, 0.2) is 0 Å². The van der Waals surface area contributed by atoms with E-state index in [4.69, 9.17) is 0 Å². The Labute approximate surface area is 164 Å². The molecule has 1 fully saturated rings. The maximum absolute atomic E-state index is 12.4. The van der Waals surface area contributed by atoms with Gasteiger partial charge in [-0.25, -0.2) is 0 Å². The van der Waals surface area contributed by atoms with Crippen LogP contribution in [0.15, 0.2) is 42.5 Å². The lowest BCUT2D eigenvalue weighted by molar-refractivity contribution is -0.117. The molecule has 4 rings (SSSR count). The lowest BCUT2D eigenvalue weighted by Gasteiger charge is -2.16. The maximum atomic E-state index is 12.4. The molecule has 0 unspecified atom stereocenters. The van der Waals surface area contributed by atoms with Crippen molar-refractivity contribution in [3.05, 3.63) is 53.6 Å². The monoisotopic (exact) mass is 377 g/mol. The fourth-order valence-electron chi connectivity index (χ4n) is 3.91. The Hall–Kier alpha value is -3.15. The van der Waals surface area contributed by atoms with E-state index in [0.29, 0.717) is 13.0 Å². The summed E-state index contributed by atoms with van der Waals surface area (Å²) in [6.45, 7) is 3.02. The van der Waals surface area contributed by atoms with Crippen molar-refractivity contribution in [1.82, 2.24) is 0 Å². The van der Waals surface area contributed by atoms with Gasteiger partial charge in [0.2, 0.25) is 17.7 Å². The zero-order valence-corrected chi connectivity index (χ0v) is 15.9. The van der Waals surface area contributed by atoms with Crippen molar-refractivity contribution in [3.63, 3.8) is 0 Å². The summed E-state index contributed by atoms with van der Waals surface area (Å²) in [5, 5.41) is 2.93. The van der Waals surface area contributed by atoms with Gasteiger partial charge >= 0.3 is 0 Å². The molecule has 0 bridgehead atoms. The molecule has 2 heterocycles. The van der Waals surface area contributed by atoms with E-state index in [1.54, 1.807) is 16.7 Å². The summed E-state index contributed by atoms with van der Waals surface area (Å²) in [6, 6.07) is 13.3. The van der Waals surface area contributed by atoms with Crippen LogP contribution < -0.4 is 15.1 Å². The van der Waals surface area contributed by atoms with Crippen molar-refractivity contribution in [1.29, 1.82) is 0 Å². The van der Waals surface area contributed by atoms with E-state index < -0.39 is 0 Å². The van der Waals surface area contributed by atoms with Gasteiger partial charge in [0.05, 0.1) is 6.42 Å². The minimum absolute atomic E-state index is 0.0367. The standard InChI is InChI=1S/C22H23N3O3/c1-15(26)24-12-10-17-14-18(6-9-20(17)24)23-21(27)13-16-4-7-19(8-5-16)25-11-2-3-22(25)28/h4-9,14H,2-3,10-13H2,1H3,(H,23,27).